The van der Waals surface area contributed by atoms with Gasteiger partial charge in [-0.05, 0) is 89.9 Å². The lowest BCUT2D eigenvalue weighted by Gasteiger charge is -2.18. The fourth-order valence-corrected chi connectivity index (χ4v) is 7.58. The summed E-state index contributed by atoms with van der Waals surface area (Å²) in [5.41, 5.74) is 0. The highest BCUT2D eigenvalue weighted by atomic mass is 16.6. The van der Waals surface area contributed by atoms with Gasteiger partial charge in [0.05, 0.1) is 0 Å². The first-order chi connectivity index (χ1) is 32.0. The number of hydrogen-bond donors (Lipinski definition) is 0. The molecule has 65 heavy (non-hydrogen) atoms. The molecule has 0 N–H and O–H groups in total. The molecular weight excluding hydrogens is 805 g/mol. The fraction of sp³-hybridized carbons (Fsp3) is 0.746. The van der Waals surface area contributed by atoms with E-state index in [4.69, 9.17) is 14.2 Å². The largest absolute Gasteiger partial charge is 0.462 e. The molecule has 0 aliphatic heterocycles. The summed E-state index contributed by atoms with van der Waals surface area (Å²) in [6.07, 6.45) is 67.4. The zero-order valence-corrected chi connectivity index (χ0v) is 42.7. The molecule has 0 amide bonds. The topological polar surface area (TPSA) is 78.9 Å². The van der Waals surface area contributed by atoms with Gasteiger partial charge in [-0.3, -0.25) is 14.4 Å². The van der Waals surface area contributed by atoms with Gasteiger partial charge in [0.1, 0.15) is 13.2 Å². The van der Waals surface area contributed by atoms with Gasteiger partial charge in [-0.25, -0.2) is 0 Å². The molecule has 0 aromatic carbocycles. The minimum absolute atomic E-state index is 0.0818. The van der Waals surface area contributed by atoms with Crippen molar-refractivity contribution in [2.24, 2.45) is 0 Å². The van der Waals surface area contributed by atoms with Gasteiger partial charge in [0.2, 0.25) is 0 Å². The Hall–Kier alpha value is -3.15. The number of carbonyl (C=O) groups excluding carboxylic acids is 3. The molecule has 0 aliphatic carbocycles. The molecule has 6 heteroatoms. The van der Waals surface area contributed by atoms with Gasteiger partial charge in [0.25, 0.3) is 0 Å². The summed E-state index contributed by atoms with van der Waals surface area (Å²) in [6, 6.07) is 0. The molecule has 1 unspecified atom stereocenters. The lowest BCUT2D eigenvalue weighted by Crippen LogP contribution is -2.30. The Morgan fingerprint density at radius 3 is 0.954 bits per heavy atom. The molecule has 0 fully saturated rings. The monoisotopic (exact) mass is 907 g/mol. The lowest BCUT2D eigenvalue weighted by atomic mass is 10.1. The van der Waals surface area contributed by atoms with Crippen molar-refractivity contribution in [1.29, 1.82) is 0 Å². The summed E-state index contributed by atoms with van der Waals surface area (Å²) in [5.74, 6) is -0.900. The quantitative estimate of drug-likeness (QED) is 0.0262. The standard InChI is InChI=1S/C59H102O6/c1-4-7-10-13-16-19-22-24-26-28-30-32-33-35-37-40-43-46-49-52-58(61)64-55-56(54-63-57(60)51-48-45-42-39-21-18-15-12-9-6-3)65-59(62)53-50-47-44-41-38-36-34-31-29-27-25-23-20-17-14-11-8-5-2/h7,10,16,19-20,23-24,26-27,29-30,32,56H,4-6,8-9,11-15,17-18,21-22,25,28,31,33-55H2,1-3H3/b10-7-,19-16-,23-20-,26-24-,29-27-,32-30-. The van der Waals surface area contributed by atoms with E-state index in [1.807, 2.05) is 0 Å². The van der Waals surface area contributed by atoms with Crippen molar-refractivity contribution in [3.05, 3.63) is 72.9 Å². The molecule has 0 bridgehead atoms. The van der Waals surface area contributed by atoms with Crippen LogP contribution in [0, 0.1) is 0 Å². The molecule has 0 radical (unpaired) electrons. The highest BCUT2D eigenvalue weighted by Crippen LogP contribution is 2.15. The van der Waals surface area contributed by atoms with E-state index in [0.29, 0.717) is 19.3 Å². The van der Waals surface area contributed by atoms with Crippen molar-refractivity contribution < 1.29 is 28.6 Å². The van der Waals surface area contributed by atoms with Crippen LogP contribution in [0.5, 0.6) is 0 Å². The van der Waals surface area contributed by atoms with Gasteiger partial charge < -0.3 is 14.2 Å². The highest BCUT2D eigenvalue weighted by Gasteiger charge is 2.19. The third-order valence-corrected chi connectivity index (χ3v) is 11.7. The highest BCUT2D eigenvalue weighted by molar-refractivity contribution is 5.71. The van der Waals surface area contributed by atoms with Crippen LogP contribution in [0.25, 0.3) is 0 Å². The predicted molar refractivity (Wildman–Crippen MR) is 279 cm³/mol. The number of hydrogen-bond acceptors (Lipinski definition) is 6. The molecular formula is C59H102O6. The fourth-order valence-electron chi connectivity index (χ4n) is 7.58. The summed E-state index contributed by atoms with van der Waals surface area (Å²) in [5, 5.41) is 0. The average molecular weight is 907 g/mol. The number of allylic oxidation sites excluding steroid dienone is 12. The van der Waals surface area contributed by atoms with Crippen LogP contribution in [-0.2, 0) is 28.6 Å². The van der Waals surface area contributed by atoms with Crippen molar-refractivity contribution in [3.63, 3.8) is 0 Å². The molecule has 0 saturated carbocycles. The SMILES string of the molecule is CC/C=C\C/C=C\C/C=C\C/C=C\CCCCCCCCC(=O)OCC(COC(=O)CCCCCCCCCCCC)OC(=O)CCCCCCCCC/C=C\C/C=C\CCCCCC. The maximum absolute atomic E-state index is 12.8. The first kappa shape index (κ1) is 61.9. The molecule has 0 aliphatic rings. The van der Waals surface area contributed by atoms with E-state index in [0.717, 1.165) is 103 Å². The molecule has 0 aromatic heterocycles. The zero-order chi connectivity index (χ0) is 47.2. The molecule has 1 atom stereocenters. The molecule has 0 heterocycles. The van der Waals surface area contributed by atoms with Crippen LogP contribution in [0.2, 0.25) is 0 Å². The first-order valence-corrected chi connectivity index (χ1v) is 27.4. The van der Waals surface area contributed by atoms with E-state index in [2.05, 4.69) is 93.7 Å². The first-order valence-electron chi connectivity index (χ1n) is 27.4. The summed E-state index contributed by atoms with van der Waals surface area (Å²) >= 11 is 0. The Morgan fingerprint density at radius 2 is 0.600 bits per heavy atom. The number of carbonyl (C=O) groups is 3. The third-order valence-electron chi connectivity index (χ3n) is 11.7. The number of rotatable bonds is 49. The Bertz CT molecular complexity index is 1230. The molecule has 0 aromatic rings. The minimum Gasteiger partial charge on any atom is -0.462 e. The zero-order valence-electron chi connectivity index (χ0n) is 42.7. The second kappa shape index (κ2) is 53.5. The maximum Gasteiger partial charge on any atom is 0.306 e. The van der Waals surface area contributed by atoms with E-state index in [9.17, 15) is 14.4 Å². The van der Waals surface area contributed by atoms with Gasteiger partial charge in [-0.2, -0.15) is 0 Å². The molecule has 0 saturated heterocycles. The second-order valence-electron chi connectivity index (χ2n) is 18.1. The Morgan fingerprint density at radius 1 is 0.323 bits per heavy atom. The van der Waals surface area contributed by atoms with Crippen molar-refractivity contribution in [3.8, 4) is 0 Å². The van der Waals surface area contributed by atoms with Gasteiger partial charge in [-0.15, -0.1) is 0 Å². The smallest absolute Gasteiger partial charge is 0.306 e. The van der Waals surface area contributed by atoms with Crippen LogP contribution >= 0.6 is 0 Å². The summed E-state index contributed by atoms with van der Waals surface area (Å²) in [4.78, 5) is 38.0. The summed E-state index contributed by atoms with van der Waals surface area (Å²) in [6.45, 7) is 6.49. The van der Waals surface area contributed by atoms with Gasteiger partial charge >= 0.3 is 17.9 Å². The number of esters is 3. The lowest BCUT2D eigenvalue weighted by molar-refractivity contribution is -0.167. The van der Waals surface area contributed by atoms with E-state index in [1.54, 1.807) is 0 Å². The summed E-state index contributed by atoms with van der Waals surface area (Å²) in [7, 11) is 0. The van der Waals surface area contributed by atoms with Crippen molar-refractivity contribution in [1.82, 2.24) is 0 Å². The van der Waals surface area contributed by atoms with Crippen LogP contribution in [-0.4, -0.2) is 37.2 Å². The third kappa shape index (κ3) is 51.7. The number of unbranched alkanes of at least 4 members (excludes halogenated alkanes) is 26. The molecule has 0 spiro atoms. The van der Waals surface area contributed by atoms with E-state index in [1.165, 1.54) is 122 Å². The van der Waals surface area contributed by atoms with E-state index in [-0.39, 0.29) is 31.1 Å². The maximum atomic E-state index is 12.8. The second-order valence-corrected chi connectivity index (χ2v) is 18.1. The normalized spacial score (nSPS) is 12.6. The average Bonchev–Trinajstić information content (AvgIpc) is 3.30. The van der Waals surface area contributed by atoms with Crippen molar-refractivity contribution >= 4 is 17.9 Å². The van der Waals surface area contributed by atoms with Gasteiger partial charge in [0.15, 0.2) is 6.10 Å². The molecule has 374 valence electrons. The van der Waals surface area contributed by atoms with E-state index < -0.39 is 6.10 Å². The minimum atomic E-state index is -0.783. The number of ether oxygens (including phenoxy) is 3. The Labute approximate surface area is 402 Å². The van der Waals surface area contributed by atoms with E-state index >= 15 is 0 Å². The van der Waals surface area contributed by atoms with Crippen LogP contribution in [0.1, 0.15) is 265 Å². The molecule has 0 rings (SSSR count). The van der Waals surface area contributed by atoms with Crippen molar-refractivity contribution in [2.45, 2.75) is 271 Å². The summed E-state index contributed by atoms with van der Waals surface area (Å²) < 4.78 is 16.8. The van der Waals surface area contributed by atoms with Crippen LogP contribution in [0.3, 0.4) is 0 Å². The van der Waals surface area contributed by atoms with Gasteiger partial charge in [0, 0.05) is 19.3 Å². The van der Waals surface area contributed by atoms with Crippen molar-refractivity contribution in [2.75, 3.05) is 13.2 Å². The predicted octanol–water partition coefficient (Wildman–Crippen LogP) is 18.2. The Kier molecular flexibility index (Phi) is 50.9. The van der Waals surface area contributed by atoms with Gasteiger partial charge in [-0.1, -0.05) is 229 Å². The van der Waals surface area contributed by atoms with Crippen LogP contribution in [0.15, 0.2) is 72.9 Å². The Balaban J connectivity index is 4.36. The van der Waals surface area contributed by atoms with Crippen LogP contribution < -0.4 is 0 Å². The molecule has 6 nitrogen and oxygen atoms in total. The van der Waals surface area contributed by atoms with Crippen LogP contribution in [0.4, 0.5) is 0 Å².